The maximum atomic E-state index is 11.4. The van der Waals surface area contributed by atoms with Crippen molar-refractivity contribution in [1.29, 1.82) is 0 Å². The Hall–Kier alpha value is -1.39. The maximum absolute atomic E-state index is 11.4. The monoisotopic (exact) mass is 291 g/mol. The lowest BCUT2D eigenvalue weighted by molar-refractivity contribution is -0.139. The molecule has 0 bridgehead atoms. The van der Waals surface area contributed by atoms with Gasteiger partial charge in [0.25, 0.3) is 0 Å². The third-order valence-electron chi connectivity index (χ3n) is 4.01. The van der Waals surface area contributed by atoms with Crippen molar-refractivity contribution in [3.05, 3.63) is 35.4 Å². The van der Waals surface area contributed by atoms with Crippen molar-refractivity contribution in [3.8, 4) is 0 Å². The second-order valence-electron chi connectivity index (χ2n) is 5.58. The molecule has 0 radical (unpaired) electrons. The van der Waals surface area contributed by atoms with Gasteiger partial charge in [-0.3, -0.25) is 4.79 Å². The number of carbonyl (C=O) groups excluding carboxylic acids is 1. The molecule has 0 spiro atoms. The summed E-state index contributed by atoms with van der Waals surface area (Å²) in [4.78, 5) is 11.4. The zero-order valence-corrected chi connectivity index (χ0v) is 12.8. The summed E-state index contributed by atoms with van der Waals surface area (Å²) in [5.41, 5.74) is 2.06. The van der Waals surface area contributed by atoms with Gasteiger partial charge in [0, 0.05) is 6.61 Å². The van der Waals surface area contributed by atoms with Crippen molar-refractivity contribution in [1.82, 2.24) is 5.32 Å². The quantitative estimate of drug-likeness (QED) is 0.618. The van der Waals surface area contributed by atoms with E-state index in [4.69, 9.17) is 9.47 Å². The normalized spacial score (nSPS) is 18.4. The first kappa shape index (κ1) is 16.0. The second kappa shape index (κ2) is 8.80. The minimum atomic E-state index is -0.212. The van der Waals surface area contributed by atoms with Gasteiger partial charge in [0.1, 0.15) is 0 Å². The van der Waals surface area contributed by atoms with Crippen molar-refractivity contribution in [2.24, 2.45) is 5.92 Å². The number of piperidine rings is 1. The average molecular weight is 291 g/mol. The largest absolute Gasteiger partial charge is 0.469 e. The van der Waals surface area contributed by atoms with Crippen LogP contribution in [0, 0.1) is 5.92 Å². The molecule has 2 rings (SSSR count). The predicted octanol–water partition coefficient (Wildman–Crippen LogP) is 2.31. The van der Waals surface area contributed by atoms with E-state index in [1.807, 2.05) is 24.3 Å². The third-order valence-corrected chi connectivity index (χ3v) is 4.01. The highest BCUT2D eigenvalue weighted by molar-refractivity contribution is 5.72. The first-order valence-electron chi connectivity index (χ1n) is 7.71. The number of hydrogen-bond donors (Lipinski definition) is 1. The van der Waals surface area contributed by atoms with Crippen molar-refractivity contribution in [2.75, 3.05) is 26.8 Å². The number of ether oxygens (including phenoxy) is 2. The van der Waals surface area contributed by atoms with Gasteiger partial charge in [0.2, 0.25) is 0 Å². The van der Waals surface area contributed by atoms with Crippen molar-refractivity contribution < 1.29 is 14.3 Å². The van der Waals surface area contributed by atoms with Crippen LogP contribution in [-0.2, 0) is 27.3 Å². The summed E-state index contributed by atoms with van der Waals surface area (Å²) in [5.74, 6) is 0.528. The van der Waals surface area contributed by atoms with Crippen molar-refractivity contribution in [3.63, 3.8) is 0 Å². The van der Waals surface area contributed by atoms with Crippen LogP contribution in [0.2, 0.25) is 0 Å². The summed E-state index contributed by atoms with van der Waals surface area (Å²) < 4.78 is 10.5. The van der Waals surface area contributed by atoms with Crippen molar-refractivity contribution >= 4 is 5.97 Å². The molecule has 0 saturated carbocycles. The minimum absolute atomic E-state index is 0.212. The fraction of sp³-hybridized carbons (Fsp3) is 0.588. The molecule has 0 amide bonds. The Morgan fingerprint density at radius 2 is 2.14 bits per heavy atom. The number of rotatable bonds is 7. The van der Waals surface area contributed by atoms with E-state index in [0.29, 0.717) is 13.0 Å². The standard InChI is InChI=1S/C17H25NO3/c1-20-17(19)11-15-6-2-3-7-16(15)13-21-10-8-14-5-4-9-18-12-14/h2-3,6-7,14,18H,4-5,8-13H2,1H3. The molecular weight excluding hydrogens is 266 g/mol. The van der Waals surface area contributed by atoms with E-state index in [2.05, 4.69) is 5.32 Å². The molecule has 0 aliphatic carbocycles. The highest BCUT2D eigenvalue weighted by Crippen LogP contribution is 2.15. The van der Waals surface area contributed by atoms with E-state index >= 15 is 0 Å². The lowest BCUT2D eigenvalue weighted by atomic mass is 9.97. The van der Waals surface area contributed by atoms with Gasteiger partial charge in [-0.15, -0.1) is 0 Å². The average Bonchev–Trinajstić information content (AvgIpc) is 2.54. The highest BCUT2D eigenvalue weighted by Gasteiger charge is 2.13. The Balaban J connectivity index is 1.75. The Labute approximate surface area is 126 Å². The molecule has 1 atom stereocenters. The van der Waals surface area contributed by atoms with Gasteiger partial charge in [0.05, 0.1) is 20.1 Å². The van der Waals surface area contributed by atoms with E-state index in [9.17, 15) is 4.79 Å². The van der Waals surface area contributed by atoms with Crippen LogP contribution in [0.15, 0.2) is 24.3 Å². The lowest BCUT2D eigenvalue weighted by Crippen LogP contribution is -2.30. The van der Waals surface area contributed by atoms with E-state index < -0.39 is 0 Å². The summed E-state index contributed by atoms with van der Waals surface area (Å²) >= 11 is 0. The predicted molar refractivity (Wildman–Crippen MR) is 82.0 cm³/mol. The first-order valence-corrected chi connectivity index (χ1v) is 7.71. The summed E-state index contributed by atoms with van der Waals surface area (Å²) in [7, 11) is 1.42. The van der Waals surface area contributed by atoms with Crippen LogP contribution in [0.1, 0.15) is 30.4 Å². The van der Waals surface area contributed by atoms with Gasteiger partial charge in [-0.1, -0.05) is 24.3 Å². The number of benzene rings is 1. The molecule has 1 aromatic carbocycles. The van der Waals surface area contributed by atoms with Gasteiger partial charge < -0.3 is 14.8 Å². The van der Waals surface area contributed by atoms with E-state index in [0.717, 1.165) is 43.2 Å². The molecule has 1 aliphatic heterocycles. The topological polar surface area (TPSA) is 47.6 Å². The summed E-state index contributed by atoms with van der Waals surface area (Å²) in [6.45, 7) is 3.60. The van der Waals surface area contributed by atoms with Crippen LogP contribution < -0.4 is 5.32 Å². The molecular formula is C17H25NO3. The number of esters is 1. The van der Waals surface area contributed by atoms with Crippen LogP contribution in [0.4, 0.5) is 0 Å². The van der Waals surface area contributed by atoms with Crippen LogP contribution in [0.5, 0.6) is 0 Å². The molecule has 4 heteroatoms. The van der Waals surface area contributed by atoms with E-state index in [1.54, 1.807) is 0 Å². The van der Waals surface area contributed by atoms with Gasteiger partial charge >= 0.3 is 5.97 Å². The van der Waals surface area contributed by atoms with Crippen LogP contribution in [-0.4, -0.2) is 32.8 Å². The van der Waals surface area contributed by atoms with Crippen LogP contribution >= 0.6 is 0 Å². The molecule has 1 aromatic rings. The number of nitrogens with one attached hydrogen (secondary N) is 1. The molecule has 1 N–H and O–H groups in total. The SMILES string of the molecule is COC(=O)Cc1ccccc1COCCC1CCCNC1. The fourth-order valence-corrected chi connectivity index (χ4v) is 2.70. The molecule has 1 aliphatic rings. The number of hydrogen-bond acceptors (Lipinski definition) is 4. The first-order chi connectivity index (χ1) is 10.3. The van der Waals surface area contributed by atoms with Gasteiger partial charge in [-0.05, 0) is 49.4 Å². The molecule has 1 saturated heterocycles. The van der Waals surface area contributed by atoms with Gasteiger partial charge in [0.15, 0.2) is 0 Å². The smallest absolute Gasteiger partial charge is 0.309 e. The lowest BCUT2D eigenvalue weighted by Gasteiger charge is -2.22. The molecule has 4 nitrogen and oxygen atoms in total. The summed E-state index contributed by atoms with van der Waals surface area (Å²) in [6, 6.07) is 7.89. The summed E-state index contributed by atoms with van der Waals surface area (Å²) in [5, 5.41) is 3.42. The van der Waals surface area contributed by atoms with Gasteiger partial charge in [-0.2, -0.15) is 0 Å². The third kappa shape index (κ3) is 5.48. The zero-order chi connectivity index (χ0) is 14.9. The van der Waals surface area contributed by atoms with Crippen LogP contribution in [0.3, 0.4) is 0 Å². The molecule has 1 fully saturated rings. The maximum Gasteiger partial charge on any atom is 0.309 e. The Morgan fingerprint density at radius 1 is 1.33 bits per heavy atom. The highest BCUT2D eigenvalue weighted by atomic mass is 16.5. The fourth-order valence-electron chi connectivity index (χ4n) is 2.70. The minimum Gasteiger partial charge on any atom is -0.469 e. The van der Waals surface area contributed by atoms with E-state index in [-0.39, 0.29) is 5.97 Å². The molecule has 116 valence electrons. The van der Waals surface area contributed by atoms with E-state index in [1.165, 1.54) is 20.0 Å². The number of carbonyl (C=O) groups is 1. The second-order valence-corrected chi connectivity index (χ2v) is 5.58. The molecule has 1 unspecified atom stereocenters. The number of methoxy groups -OCH3 is 1. The molecule has 21 heavy (non-hydrogen) atoms. The Morgan fingerprint density at radius 3 is 2.86 bits per heavy atom. The molecule has 1 heterocycles. The van der Waals surface area contributed by atoms with Crippen LogP contribution in [0.25, 0.3) is 0 Å². The Bertz CT molecular complexity index is 441. The molecule has 0 aromatic heterocycles. The summed E-state index contributed by atoms with van der Waals surface area (Å²) in [6.07, 6.45) is 3.98. The zero-order valence-electron chi connectivity index (χ0n) is 12.8. The van der Waals surface area contributed by atoms with Gasteiger partial charge in [-0.25, -0.2) is 0 Å². The van der Waals surface area contributed by atoms with Crippen molar-refractivity contribution in [2.45, 2.75) is 32.3 Å². The Kier molecular flexibility index (Phi) is 6.70.